The molecule has 2 saturated heterocycles. The predicted octanol–water partition coefficient (Wildman–Crippen LogP) is -0.222. The van der Waals surface area contributed by atoms with Gasteiger partial charge in [0.25, 0.3) is 11.8 Å². The van der Waals surface area contributed by atoms with E-state index < -0.39 is 61.3 Å². The Morgan fingerprint density at radius 2 is 2.21 bits per heavy atom. The van der Waals surface area contributed by atoms with Crippen molar-refractivity contribution in [1.29, 1.82) is 0 Å². The summed E-state index contributed by atoms with van der Waals surface area (Å²) in [6.45, 7) is 0.885. The summed E-state index contributed by atoms with van der Waals surface area (Å²) in [6.07, 6.45) is -1.66. The quantitative estimate of drug-likeness (QED) is 0.393. The van der Waals surface area contributed by atoms with Gasteiger partial charge in [0.2, 0.25) is 0 Å². The summed E-state index contributed by atoms with van der Waals surface area (Å²) in [5.41, 5.74) is 2.57. The monoisotopic (exact) mass is 408 g/mol. The third-order valence-corrected chi connectivity index (χ3v) is 4.62. The Kier molecular flexibility index (Phi) is 5.50. The number of carboxylic acid groups (broad SMARTS) is 1. The molecular weight excluding hydrogens is 389 g/mol. The molecule has 0 spiro atoms. The first-order valence-corrected chi connectivity index (χ1v) is 8.44. The van der Waals surface area contributed by atoms with Gasteiger partial charge < -0.3 is 15.3 Å². The Morgan fingerprint density at radius 3 is 2.82 bits per heavy atom. The minimum absolute atomic E-state index is 0.0169. The van der Waals surface area contributed by atoms with Crippen LogP contribution in [0.3, 0.4) is 0 Å². The van der Waals surface area contributed by atoms with Crippen molar-refractivity contribution in [1.82, 2.24) is 20.8 Å². The second-order valence-electron chi connectivity index (χ2n) is 6.82. The second kappa shape index (κ2) is 7.56. The van der Waals surface area contributed by atoms with Crippen molar-refractivity contribution in [2.24, 2.45) is 0 Å². The Labute approximate surface area is 157 Å². The number of urea groups is 1. The number of halogens is 3. The van der Waals surface area contributed by atoms with Crippen molar-refractivity contribution in [3.05, 3.63) is 11.6 Å². The number of fused-ring (bicyclic) bond motifs is 2. The van der Waals surface area contributed by atoms with Gasteiger partial charge >= 0.3 is 18.4 Å². The molecule has 2 fully saturated rings. The van der Waals surface area contributed by atoms with E-state index in [4.69, 9.17) is 9.94 Å². The lowest BCUT2D eigenvalue weighted by atomic mass is 10.0. The second-order valence-corrected chi connectivity index (χ2v) is 6.82. The fraction of sp³-hybridized carbons (Fsp3) is 0.667. The highest BCUT2D eigenvalue weighted by atomic mass is 19.3. The van der Waals surface area contributed by atoms with Gasteiger partial charge in [0, 0.05) is 12.5 Å². The van der Waals surface area contributed by atoms with Crippen LogP contribution in [0, 0.1) is 0 Å². The number of amides is 3. The zero-order valence-corrected chi connectivity index (χ0v) is 14.7. The molecular formula is C15H19F3N4O6. The fourth-order valence-electron chi connectivity index (χ4n) is 3.40. The number of hydrogen-bond acceptors (Lipinski definition) is 6. The van der Waals surface area contributed by atoms with Gasteiger partial charge in [-0.05, 0) is 12.5 Å². The van der Waals surface area contributed by atoms with E-state index >= 15 is 0 Å². The molecule has 0 unspecified atom stereocenters. The molecule has 4 atom stereocenters. The maximum atomic E-state index is 13.3. The van der Waals surface area contributed by atoms with E-state index in [1.807, 2.05) is 0 Å². The molecule has 3 amide bonds. The van der Waals surface area contributed by atoms with Crippen LogP contribution < -0.4 is 10.8 Å². The highest BCUT2D eigenvalue weighted by molar-refractivity contribution is 5.91. The van der Waals surface area contributed by atoms with E-state index in [9.17, 15) is 27.6 Å². The van der Waals surface area contributed by atoms with E-state index in [0.29, 0.717) is 10.6 Å². The molecule has 0 aromatic heterocycles. The van der Waals surface area contributed by atoms with Crippen LogP contribution in [-0.2, 0) is 19.3 Å². The molecule has 2 bridgehead atoms. The zero-order valence-electron chi connectivity index (χ0n) is 14.7. The van der Waals surface area contributed by atoms with Crippen molar-refractivity contribution < 1.29 is 42.3 Å². The molecule has 156 valence electrons. The van der Waals surface area contributed by atoms with Crippen LogP contribution in [0.5, 0.6) is 0 Å². The average molecular weight is 408 g/mol. The smallest absolute Gasteiger partial charge is 0.368 e. The number of hydrogen-bond donors (Lipinski definition) is 3. The van der Waals surface area contributed by atoms with Gasteiger partial charge in [-0.25, -0.2) is 33.1 Å². The maximum absolute atomic E-state index is 13.3. The van der Waals surface area contributed by atoms with Crippen molar-refractivity contribution in [2.45, 2.75) is 43.8 Å². The first-order chi connectivity index (χ1) is 13.1. The summed E-state index contributed by atoms with van der Waals surface area (Å²) in [6, 6.07) is -3.34. The summed E-state index contributed by atoms with van der Waals surface area (Å²) in [4.78, 5) is 46.0. The van der Waals surface area contributed by atoms with Gasteiger partial charge in [-0.1, -0.05) is 6.08 Å². The van der Waals surface area contributed by atoms with Crippen LogP contribution in [0.25, 0.3) is 0 Å². The largest absolute Gasteiger partial charge is 0.477 e. The molecule has 0 aromatic rings. The lowest BCUT2D eigenvalue weighted by Crippen LogP contribution is -2.50. The molecule has 0 aliphatic carbocycles. The van der Waals surface area contributed by atoms with Gasteiger partial charge in [0.15, 0.2) is 0 Å². The van der Waals surface area contributed by atoms with Crippen LogP contribution in [-0.4, -0.2) is 83.1 Å². The summed E-state index contributed by atoms with van der Waals surface area (Å²) < 4.78 is 39.5. The highest BCUT2D eigenvalue weighted by Crippen LogP contribution is 2.30. The molecule has 3 N–H and O–H groups in total. The van der Waals surface area contributed by atoms with Crippen LogP contribution in [0.4, 0.5) is 18.0 Å². The maximum Gasteiger partial charge on any atom is 0.368 e. The Hall–Kier alpha value is -2.38. The molecule has 3 aliphatic rings. The molecule has 3 heterocycles. The normalized spacial score (nSPS) is 29.6. The van der Waals surface area contributed by atoms with Gasteiger partial charge in [0.05, 0.1) is 25.7 Å². The number of hydroxylamine groups is 3. The number of carboxylic acids is 1. The lowest BCUT2D eigenvalue weighted by Gasteiger charge is -2.28. The molecule has 0 aromatic carbocycles. The first-order valence-electron chi connectivity index (χ1n) is 8.44. The van der Waals surface area contributed by atoms with E-state index in [2.05, 4.69) is 15.6 Å². The van der Waals surface area contributed by atoms with Crippen molar-refractivity contribution in [3.63, 3.8) is 0 Å². The molecule has 0 radical (unpaired) electrons. The van der Waals surface area contributed by atoms with Gasteiger partial charge in [-0.3, -0.25) is 9.63 Å². The van der Waals surface area contributed by atoms with Crippen LogP contribution in [0.2, 0.25) is 0 Å². The number of carbonyl (C=O) groups excluding carboxylic acids is 2. The van der Waals surface area contributed by atoms with Crippen molar-refractivity contribution in [2.75, 3.05) is 19.7 Å². The van der Waals surface area contributed by atoms with E-state index in [-0.39, 0.29) is 13.2 Å². The van der Waals surface area contributed by atoms with Crippen LogP contribution in [0.1, 0.15) is 13.3 Å². The molecule has 3 aliphatic heterocycles. The van der Waals surface area contributed by atoms with E-state index in [1.54, 1.807) is 6.92 Å². The minimum Gasteiger partial charge on any atom is -0.477 e. The number of carbonyl (C=O) groups is 3. The standard InChI is InChI=1S/C15H19F3N4O6/c1-7-2-9-4-21(14(26)22(9)28-11(16)13(24)25)10(7)12(23)20-27-5-8-3-15(17,18)6-19-8/h2,8-11,19H,3-6H2,1H3,(H,20,23)(H,24,25)/t8-,9+,10-,11+/m0/s1. The minimum atomic E-state index is -2.83. The van der Waals surface area contributed by atoms with Crippen molar-refractivity contribution in [3.8, 4) is 0 Å². The predicted molar refractivity (Wildman–Crippen MR) is 84.3 cm³/mol. The zero-order chi connectivity index (χ0) is 20.6. The van der Waals surface area contributed by atoms with E-state index in [1.165, 1.54) is 6.08 Å². The Bertz CT molecular complexity index is 705. The molecule has 28 heavy (non-hydrogen) atoms. The van der Waals surface area contributed by atoms with Gasteiger partial charge in [-0.15, -0.1) is 0 Å². The third kappa shape index (κ3) is 4.05. The Morgan fingerprint density at radius 1 is 1.50 bits per heavy atom. The summed E-state index contributed by atoms with van der Waals surface area (Å²) in [5.74, 6) is -5.44. The summed E-state index contributed by atoms with van der Waals surface area (Å²) in [7, 11) is 0. The lowest BCUT2D eigenvalue weighted by molar-refractivity contribution is -0.219. The molecule has 3 rings (SSSR count). The van der Waals surface area contributed by atoms with E-state index in [0.717, 1.165) is 4.90 Å². The summed E-state index contributed by atoms with van der Waals surface area (Å²) in [5, 5.41) is 11.7. The van der Waals surface area contributed by atoms with Crippen LogP contribution in [0.15, 0.2) is 11.6 Å². The number of alkyl halides is 3. The molecule has 0 saturated carbocycles. The molecule has 13 heteroatoms. The van der Waals surface area contributed by atoms with Gasteiger partial charge in [-0.2, -0.15) is 5.06 Å². The topological polar surface area (TPSA) is 120 Å². The number of rotatable bonds is 7. The first kappa shape index (κ1) is 20.4. The highest BCUT2D eigenvalue weighted by Gasteiger charge is 2.49. The van der Waals surface area contributed by atoms with Crippen LogP contribution >= 0.6 is 0 Å². The van der Waals surface area contributed by atoms with Gasteiger partial charge in [0.1, 0.15) is 6.04 Å². The number of nitrogens with one attached hydrogen (secondary N) is 2. The fourth-order valence-corrected chi connectivity index (χ4v) is 3.40. The molecule has 10 nitrogen and oxygen atoms in total. The van der Waals surface area contributed by atoms with Crippen molar-refractivity contribution >= 4 is 17.9 Å². The SMILES string of the molecule is CC1=C[C@@H]2CN(C(=O)N2O[C@@H](F)C(=O)O)[C@@H]1C(=O)NOC[C@@H]1CC(F)(F)CN1. The average Bonchev–Trinajstić information content (AvgIpc) is 3.06. The number of nitrogens with zero attached hydrogens (tertiary/aromatic N) is 2. The Balaban J connectivity index is 1.57. The third-order valence-electron chi connectivity index (χ3n) is 4.62. The summed E-state index contributed by atoms with van der Waals surface area (Å²) >= 11 is 0. The number of aliphatic carboxylic acids is 1.